The number of pyridine rings is 1. The summed E-state index contributed by atoms with van der Waals surface area (Å²) in [6.45, 7) is -0.531. The molecule has 0 saturated carbocycles. The van der Waals surface area contributed by atoms with E-state index in [9.17, 15) is 26.3 Å². The van der Waals surface area contributed by atoms with Gasteiger partial charge in [0.05, 0.1) is 18.0 Å². The first kappa shape index (κ1) is 16.7. The molecule has 9 heteroatoms. The molecule has 0 spiro atoms. The molecule has 114 valence electrons. The molecule has 0 aliphatic carbocycles. The Balaban J connectivity index is 2.75. The Hall–Kier alpha value is -1.35. The topological polar surface area (TPSA) is 34.1 Å². The van der Waals surface area contributed by atoms with Crippen LogP contribution in [0.15, 0.2) is 18.2 Å². The number of ether oxygens (including phenoxy) is 1. The third kappa shape index (κ3) is 4.97. The molecule has 0 saturated heterocycles. The fourth-order valence-electron chi connectivity index (χ4n) is 1.43. The number of nitrogens with zero attached hydrogens (tertiary/aromatic N) is 1. The maximum Gasteiger partial charge on any atom is 0.423 e. The van der Waals surface area contributed by atoms with E-state index in [2.05, 4.69) is 15.0 Å². The van der Waals surface area contributed by atoms with Crippen LogP contribution in [0, 0.1) is 0 Å². The van der Waals surface area contributed by atoms with Gasteiger partial charge in [0.15, 0.2) is 0 Å². The Labute approximate surface area is 110 Å². The van der Waals surface area contributed by atoms with Crippen LogP contribution in [0.4, 0.5) is 26.3 Å². The Morgan fingerprint density at radius 2 is 1.65 bits per heavy atom. The van der Waals surface area contributed by atoms with Crippen LogP contribution in [0.2, 0.25) is 0 Å². The summed E-state index contributed by atoms with van der Waals surface area (Å²) in [5.74, 6) is 0. The fraction of sp³-hybridized carbons (Fsp3) is 0.545. The lowest BCUT2D eigenvalue weighted by Gasteiger charge is -2.22. The quantitative estimate of drug-likeness (QED) is 0.849. The second-order valence-corrected chi connectivity index (χ2v) is 3.92. The van der Waals surface area contributed by atoms with Crippen LogP contribution in [0.3, 0.4) is 0 Å². The van der Waals surface area contributed by atoms with Crippen molar-refractivity contribution in [3.8, 4) is 0 Å². The van der Waals surface area contributed by atoms with Crippen molar-refractivity contribution in [2.75, 3.05) is 7.05 Å². The summed E-state index contributed by atoms with van der Waals surface area (Å²) in [6, 6.07) is 4.36. The standard InChI is InChI=1S/C11H12F6N2O/c1-18-5-7-3-2-4-8(19-7)6-20-9(10(12,13)14)11(15,16)17/h2-4,9,18H,5-6H2,1H3. The van der Waals surface area contributed by atoms with Crippen LogP contribution in [-0.2, 0) is 17.9 Å². The van der Waals surface area contributed by atoms with Gasteiger partial charge in [-0.25, -0.2) is 0 Å². The smallest absolute Gasteiger partial charge is 0.354 e. The zero-order chi connectivity index (χ0) is 15.4. The van der Waals surface area contributed by atoms with E-state index in [1.54, 1.807) is 13.1 Å². The zero-order valence-electron chi connectivity index (χ0n) is 10.3. The molecule has 20 heavy (non-hydrogen) atoms. The molecule has 0 bridgehead atoms. The van der Waals surface area contributed by atoms with E-state index in [4.69, 9.17) is 0 Å². The molecule has 1 aromatic rings. The first-order chi connectivity index (χ1) is 9.14. The normalized spacial score (nSPS) is 13.0. The Bertz CT molecular complexity index is 418. The predicted molar refractivity (Wildman–Crippen MR) is 57.7 cm³/mol. The number of rotatable bonds is 5. The highest BCUT2D eigenvalue weighted by molar-refractivity contribution is 5.10. The van der Waals surface area contributed by atoms with E-state index in [0.29, 0.717) is 12.2 Å². The van der Waals surface area contributed by atoms with Gasteiger partial charge in [-0.05, 0) is 19.2 Å². The van der Waals surface area contributed by atoms with Crippen molar-refractivity contribution in [2.24, 2.45) is 0 Å². The minimum absolute atomic E-state index is 0.00347. The van der Waals surface area contributed by atoms with Crippen molar-refractivity contribution in [1.29, 1.82) is 0 Å². The van der Waals surface area contributed by atoms with Crippen molar-refractivity contribution in [3.63, 3.8) is 0 Å². The summed E-state index contributed by atoms with van der Waals surface area (Å²) < 4.78 is 77.4. The van der Waals surface area contributed by atoms with Gasteiger partial charge in [0.1, 0.15) is 0 Å². The largest absolute Gasteiger partial charge is 0.423 e. The summed E-state index contributed by atoms with van der Waals surface area (Å²) in [4.78, 5) is 3.88. The molecule has 0 amide bonds. The molecule has 1 N–H and O–H groups in total. The minimum Gasteiger partial charge on any atom is -0.354 e. The van der Waals surface area contributed by atoms with Gasteiger partial charge in [-0.2, -0.15) is 26.3 Å². The van der Waals surface area contributed by atoms with Crippen molar-refractivity contribution >= 4 is 0 Å². The van der Waals surface area contributed by atoms with Crippen molar-refractivity contribution in [1.82, 2.24) is 10.3 Å². The van der Waals surface area contributed by atoms with Gasteiger partial charge >= 0.3 is 12.4 Å². The molecule has 0 atom stereocenters. The molecule has 3 nitrogen and oxygen atoms in total. The summed E-state index contributed by atoms with van der Waals surface area (Å²) in [6.07, 6.45) is -14.8. The van der Waals surface area contributed by atoms with Crippen LogP contribution >= 0.6 is 0 Å². The van der Waals surface area contributed by atoms with Gasteiger partial charge in [-0.1, -0.05) is 6.07 Å². The maximum atomic E-state index is 12.2. The van der Waals surface area contributed by atoms with E-state index in [1.807, 2.05) is 0 Å². The SMILES string of the molecule is CNCc1cccc(COC(C(F)(F)F)C(F)(F)F)n1. The van der Waals surface area contributed by atoms with Gasteiger partial charge in [0.2, 0.25) is 6.10 Å². The van der Waals surface area contributed by atoms with Gasteiger partial charge < -0.3 is 10.1 Å². The highest BCUT2D eigenvalue weighted by Gasteiger charge is 2.57. The molecule has 1 rings (SSSR count). The number of alkyl halides is 6. The van der Waals surface area contributed by atoms with E-state index in [1.165, 1.54) is 12.1 Å². The van der Waals surface area contributed by atoms with E-state index in [-0.39, 0.29) is 5.69 Å². The molecule has 0 fully saturated rings. The van der Waals surface area contributed by atoms with Gasteiger partial charge in [-0.15, -0.1) is 0 Å². The molecule has 0 aromatic carbocycles. The predicted octanol–water partition coefficient (Wildman–Crippen LogP) is 2.81. The van der Waals surface area contributed by atoms with Crippen LogP contribution in [0.25, 0.3) is 0 Å². The van der Waals surface area contributed by atoms with Gasteiger partial charge in [0.25, 0.3) is 0 Å². The fourth-order valence-corrected chi connectivity index (χ4v) is 1.43. The van der Waals surface area contributed by atoms with E-state index in [0.717, 1.165) is 0 Å². The van der Waals surface area contributed by atoms with Crippen LogP contribution in [0.1, 0.15) is 11.4 Å². The van der Waals surface area contributed by atoms with E-state index >= 15 is 0 Å². The maximum absolute atomic E-state index is 12.2. The Morgan fingerprint density at radius 1 is 1.10 bits per heavy atom. The molecule has 1 heterocycles. The van der Waals surface area contributed by atoms with Crippen LogP contribution < -0.4 is 5.32 Å². The summed E-state index contributed by atoms with van der Waals surface area (Å²) in [7, 11) is 1.63. The molecular formula is C11H12F6N2O. The zero-order valence-corrected chi connectivity index (χ0v) is 10.3. The minimum atomic E-state index is -5.51. The summed E-state index contributed by atoms with van der Waals surface area (Å²) in [5, 5.41) is 2.76. The molecule has 0 unspecified atom stereocenters. The lowest BCUT2D eigenvalue weighted by atomic mass is 10.3. The third-order valence-corrected chi connectivity index (χ3v) is 2.21. The molecular weight excluding hydrogens is 290 g/mol. The Kier molecular flexibility index (Phi) is 5.35. The highest BCUT2D eigenvalue weighted by atomic mass is 19.4. The average Bonchev–Trinajstić information content (AvgIpc) is 2.26. The highest BCUT2D eigenvalue weighted by Crippen LogP contribution is 2.36. The summed E-state index contributed by atoms with van der Waals surface area (Å²) in [5.41, 5.74) is 0.486. The number of hydrogen-bond acceptors (Lipinski definition) is 3. The Morgan fingerprint density at radius 3 is 2.15 bits per heavy atom. The van der Waals surface area contributed by atoms with Crippen molar-refractivity contribution in [2.45, 2.75) is 31.6 Å². The van der Waals surface area contributed by atoms with Crippen molar-refractivity contribution in [3.05, 3.63) is 29.6 Å². The first-order valence-corrected chi connectivity index (χ1v) is 5.49. The lowest BCUT2D eigenvalue weighted by molar-refractivity contribution is -0.324. The molecule has 0 aliphatic heterocycles. The molecule has 1 aromatic heterocycles. The van der Waals surface area contributed by atoms with Crippen LogP contribution in [-0.4, -0.2) is 30.5 Å². The number of nitrogens with one attached hydrogen (secondary N) is 1. The molecule has 0 aliphatic rings. The first-order valence-electron chi connectivity index (χ1n) is 5.49. The van der Waals surface area contributed by atoms with Crippen LogP contribution in [0.5, 0.6) is 0 Å². The number of aromatic nitrogens is 1. The number of hydrogen-bond donors (Lipinski definition) is 1. The monoisotopic (exact) mass is 302 g/mol. The second kappa shape index (κ2) is 6.40. The summed E-state index contributed by atoms with van der Waals surface area (Å²) >= 11 is 0. The van der Waals surface area contributed by atoms with Crippen molar-refractivity contribution < 1.29 is 31.1 Å². The molecule has 0 radical (unpaired) electrons. The van der Waals surface area contributed by atoms with Gasteiger partial charge in [0, 0.05) is 6.54 Å². The average molecular weight is 302 g/mol. The number of halogens is 6. The third-order valence-electron chi connectivity index (χ3n) is 2.21. The second-order valence-electron chi connectivity index (χ2n) is 3.92. The lowest BCUT2D eigenvalue weighted by Crippen LogP contribution is -2.44. The van der Waals surface area contributed by atoms with E-state index < -0.39 is 25.1 Å². The van der Waals surface area contributed by atoms with Gasteiger partial charge in [-0.3, -0.25) is 4.98 Å².